The van der Waals surface area contributed by atoms with Crippen molar-refractivity contribution >= 4 is 12.0 Å². The number of anilines is 1. The van der Waals surface area contributed by atoms with Crippen LogP contribution in [0.3, 0.4) is 0 Å². The zero-order chi connectivity index (χ0) is 15.0. The van der Waals surface area contributed by atoms with E-state index in [-0.39, 0.29) is 23.7 Å². The van der Waals surface area contributed by atoms with Gasteiger partial charge in [-0.05, 0) is 12.8 Å². The molecular weight excluding hydrogens is 276 g/mol. The third kappa shape index (κ3) is 2.48. The van der Waals surface area contributed by atoms with E-state index in [0.29, 0.717) is 18.3 Å². The molecule has 0 saturated carbocycles. The van der Waals surface area contributed by atoms with Gasteiger partial charge >= 0.3 is 5.97 Å². The van der Waals surface area contributed by atoms with Crippen LogP contribution in [0.4, 0.5) is 6.01 Å². The highest BCUT2D eigenvalue weighted by atomic mass is 16.5. The van der Waals surface area contributed by atoms with E-state index in [2.05, 4.69) is 15.1 Å². The summed E-state index contributed by atoms with van der Waals surface area (Å²) in [5.41, 5.74) is -0.107. The van der Waals surface area contributed by atoms with Crippen LogP contribution in [0.2, 0.25) is 0 Å². The zero-order valence-corrected chi connectivity index (χ0v) is 11.8. The zero-order valence-electron chi connectivity index (χ0n) is 11.8. The Morgan fingerprint density at radius 1 is 1.48 bits per heavy atom. The van der Waals surface area contributed by atoms with Gasteiger partial charge in [0.2, 0.25) is 5.89 Å². The molecule has 2 aromatic heterocycles. The fraction of sp³-hybridized carbons (Fsp3) is 0.538. The normalized spacial score (nSPS) is 18.6. The first-order chi connectivity index (χ1) is 10.1. The third-order valence-electron chi connectivity index (χ3n) is 3.47. The second kappa shape index (κ2) is 5.19. The van der Waals surface area contributed by atoms with Crippen molar-refractivity contribution < 1.29 is 18.8 Å². The first-order valence-electron chi connectivity index (χ1n) is 6.85. The molecule has 0 unspecified atom stereocenters. The van der Waals surface area contributed by atoms with Gasteiger partial charge in [0.05, 0.1) is 0 Å². The highest BCUT2D eigenvalue weighted by Gasteiger charge is 2.34. The number of nitrogens with zero attached hydrogens (tertiary/aromatic N) is 4. The predicted octanol–water partition coefficient (Wildman–Crippen LogP) is 2.22. The molecule has 0 radical (unpaired) electrons. The molecule has 1 aliphatic heterocycles. The summed E-state index contributed by atoms with van der Waals surface area (Å²) in [4.78, 5) is 21.1. The molecule has 3 rings (SSSR count). The number of hydrogen-bond donors (Lipinski definition) is 1. The lowest BCUT2D eigenvalue weighted by molar-refractivity contribution is 0.0690. The summed E-state index contributed by atoms with van der Waals surface area (Å²) in [6.07, 6.45) is 2.90. The average Bonchev–Trinajstić information content (AvgIpc) is 3.17. The van der Waals surface area contributed by atoms with E-state index in [4.69, 9.17) is 14.0 Å². The molecule has 8 nitrogen and oxygen atoms in total. The lowest BCUT2D eigenvalue weighted by Gasteiger charge is -2.19. The molecule has 8 heteroatoms. The number of carboxylic acid groups (broad SMARTS) is 1. The molecule has 0 spiro atoms. The van der Waals surface area contributed by atoms with Gasteiger partial charge in [0.15, 0.2) is 11.5 Å². The second-order valence-electron chi connectivity index (χ2n) is 5.32. The maximum Gasteiger partial charge on any atom is 0.357 e. The molecule has 0 aliphatic carbocycles. The van der Waals surface area contributed by atoms with Gasteiger partial charge in [-0.3, -0.25) is 0 Å². The van der Waals surface area contributed by atoms with E-state index < -0.39 is 5.97 Å². The smallest absolute Gasteiger partial charge is 0.357 e. The van der Waals surface area contributed by atoms with Crippen molar-refractivity contribution in [2.45, 2.75) is 38.6 Å². The van der Waals surface area contributed by atoms with Crippen LogP contribution < -0.4 is 4.90 Å². The number of rotatable bonds is 4. The van der Waals surface area contributed by atoms with Crippen LogP contribution in [-0.2, 0) is 0 Å². The molecule has 112 valence electrons. The predicted molar refractivity (Wildman–Crippen MR) is 71.2 cm³/mol. The first kappa shape index (κ1) is 13.6. The number of carboxylic acids is 1. The highest BCUT2D eigenvalue weighted by molar-refractivity contribution is 5.85. The molecule has 3 heterocycles. The van der Waals surface area contributed by atoms with Crippen LogP contribution in [0.25, 0.3) is 0 Å². The number of aromatic nitrogens is 3. The second-order valence-corrected chi connectivity index (χ2v) is 5.32. The molecule has 1 N–H and O–H groups in total. The molecule has 1 fully saturated rings. The van der Waals surface area contributed by atoms with Crippen molar-refractivity contribution in [1.29, 1.82) is 0 Å². The standard InChI is InChI=1S/C13H16N4O4/c1-7(2)10-15-11(21-16-10)9-4-3-5-17(9)13-14-8(6-20-13)12(18)19/h6-7,9H,3-5H2,1-2H3,(H,18,19)/t9-/m0/s1. The lowest BCUT2D eigenvalue weighted by Crippen LogP contribution is -2.23. The minimum atomic E-state index is -1.11. The first-order valence-corrected chi connectivity index (χ1v) is 6.85. The molecule has 1 atom stereocenters. The van der Waals surface area contributed by atoms with E-state index in [1.165, 1.54) is 0 Å². The van der Waals surface area contributed by atoms with Crippen LogP contribution in [0.1, 0.15) is 60.9 Å². The van der Waals surface area contributed by atoms with Crippen molar-refractivity contribution in [1.82, 2.24) is 15.1 Å². The van der Waals surface area contributed by atoms with Crippen LogP contribution in [0.15, 0.2) is 15.2 Å². The van der Waals surface area contributed by atoms with Crippen molar-refractivity contribution in [3.05, 3.63) is 23.7 Å². The molecule has 1 aliphatic rings. The van der Waals surface area contributed by atoms with Gasteiger partial charge in [0, 0.05) is 12.5 Å². The van der Waals surface area contributed by atoms with E-state index in [1.54, 1.807) is 0 Å². The fourth-order valence-electron chi connectivity index (χ4n) is 2.36. The Labute approximate surface area is 120 Å². The molecule has 0 bridgehead atoms. The van der Waals surface area contributed by atoms with E-state index in [9.17, 15) is 4.79 Å². The number of carbonyl (C=O) groups is 1. The van der Waals surface area contributed by atoms with Crippen LogP contribution in [0, 0.1) is 0 Å². The van der Waals surface area contributed by atoms with Crippen LogP contribution in [-0.4, -0.2) is 32.7 Å². The Balaban J connectivity index is 1.85. The highest BCUT2D eigenvalue weighted by Crippen LogP contribution is 2.35. The summed E-state index contributed by atoms with van der Waals surface area (Å²) in [6.45, 7) is 4.70. The number of aromatic carboxylic acids is 1. The maximum absolute atomic E-state index is 10.9. The largest absolute Gasteiger partial charge is 0.476 e. The molecule has 21 heavy (non-hydrogen) atoms. The summed E-state index contributed by atoms with van der Waals surface area (Å²) in [6, 6.07) is 0.157. The monoisotopic (exact) mass is 292 g/mol. The molecule has 0 amide bonds. The fourth-order valence-corrected chi connectivity index (χ4v) is 2.36. The Morgan fingerprint density at radius 2 is 2.29 bits per heavy atom. The number of hydrogen-bond acceptors (Lipinski definition) is 7. The van der Waals surface area contributed by atoms with Gasteiger partial charge in [0.1, 0.15) is 12.3 Å². The third-order valence-corrected chi connectivity index (χ3v) is 3.47. The van der Waals surface area contributed by atoms with Gasteiger partial charge in [-0.1, -0.05) is 19.0 Å². The summed E-state index contributed by atoms with van der Waals surface area (Å²) in [7, 11) is 0. The van der Waals surface area contributed by atoms with Crippen molar-refractivity contribution in [2.75, 3.05) is 11.4 Å². The molecule has 0 aromatic carbocycles. The Morgan fingerprint density at radius 3 is 2.90 bits per heavy atom. The van der Waals surface area contributed by atoms with E-state index >= 15 is 0 Å². The van der Waals surface area contributed by atoms with Gasteiger partial charge in [-0.15, -0.1) is 0 Å². The Kier molecular flexibility index (Phi) is 3.36. The molecule has 2 aromatic rings. The summed E-state index contributed by atoms with van der Waals surface area (Å²) < 4.78 is 10.6. The Hall–Kier alpha value is -2.38. The van der Waals surface area contributed by atoms with Crippen molar-refractivity contribution in [2.24, 2.45) is 0 Å². The quantitative estimate of drug-likeness (QED) is 0.914. The van der Waals surface area contributed by atoms with Crippen molar-refractivity contribution in [3.8, 4) is 0 Å². The van der Waals surface area contributed by atoms with Crippen molar-refractivity contribution in [3.63, 3.8) is 0 Å². The topological polar surface area (TPSA) is 105 Å². The van der Waals surface area contributed by atoms with E-state index in [1.807, 2.05) is 18.7 Å². The lowest BCUT2D eigenvalue weighted by atomic mass is 10.2. The van der Waals surface area contributed by atoms with Gasteiger partial charge in [-0.25, -0.2) is 4.79 Å². The average molecular weight is 292 g/mol. The molecular formula is C13H16N4O4. The van der Waals surface area contributed by atoms with Gasteiger partial charge < -0.3 is 18.9 Å². The Bertz CT molecular complexity index is 648. The summed E-state index contributed by atoms with van der Waals surface area (Å²) >= 11 is 0. The minimum absolute atomic E-state index is 0.107. The summed E-state index contributed by atoms with van der Waals surface area (Å²) in [5.74, 6) is 0.264. The van der Waals surface area contributed by atoms with Crippen LogP contribution >= 0.6 is 0 Å². The number of oxazole rings is 1. The van der Waals surface area contributed by atoms with E-state index in [0.717, 1.165) is 19.1 Å². The maximum atomic E-state index is 10.9. The minimum Gasteiger partial charge on any atom is -0.476 e. The SMILES string of the molecule is CC(C)c1noc([C@@H]2CCCN2c2nc(C(=O)O)co2)n1. The van der Waals surface area contributed by atoms with Crippen LogP contribution in [0.5, 0.6) is 0 Å². The van der Waals surface area contributed by atoms with Gasteiger partial charge in [0.25, 0.3) is 6.01 Å². The summed E-state index contributed by atoms with van der Waals surface area (Å²) in [5, 5.41) is 12.9. The van der Waals surface area contributed by atoms with Gasteiger partial charge in [-0.2, -0.15) is 9.97 Å². The molecule has 1 saturated heterocycles.